The fourth-order valence-electron chi connectivity index (χ4n) is 1.94. The summed E-state index contributed by atoms with van der Waals surface area (Å²) >= 11 is 0. The second-order valence-corrected chi connectivity index (χ2v) is 4.63. The van der Waals surface area contributed by atoms with Crippen molar-refractivity contribution in [3.05, 3.63) is 17.7 Å². The van der Waals surface area contributed by atoms with Crippen LogP contribution in [0.1, 0.15) is 17.3 Å². The van der Waals surface area contributed by atoms with Crippen LogP contribution < -0.4 is 14.2 Å². The smallest absolute Gasteiger partial charge is 0.326 e. The molecule has 0 bridgehead atoms. The van der Waals surface area contributed by atoms with Gasteiger partial charge < -0.3 is 24.2 Å². The lowest BCUT2D eigenvalue weighted by Crippen LogP contribution is -2.40. The van der Waals surface area contributed by atoms with E-state index in [1.165, 1.54) is 33.2 Å². The van der Waals surface area contributed by atoms with E-state index >= 15 is 0 Å². The quantitative estimate of drug-likeness (QED) is 0.892. The molecule has 7 nitrogen and oxygen atoms in total. The lowest BCUT2D eigenvalue weighted by Gasteiger charge is -2.24. The molecule has 2 rings (SSSR count). The van der Waals surface area contributed by atoms with Crippen LogP contribution in [0.3, 0.4) is 0 Å². The minimum absolute atomic E-state index is 0.284. The first kappa shape index (κ1) is 15.0. The maximum Gasteiger partial charge on any atom is 0.326 e. The average molecular weight is 295 g/mol. The summed E-state index contributed by atoms with van der Waals surface area (Å²) in [6, 6.07) is 2.11. The summed E-state index contributed by atoms with van der Waals surface area (Å²) < 4.78 is 16.1. The van der Waals surface area contributed by atoms with E-state index in [1.807, 2.05) is 0 Å². The van der Waals surface area contributed by atoms with E-state index < -0.39 is 17.9 Å². The zero-order valence-electron chi connectivity index (χ0n) is 12.1. The largest absolute Gasteiger partial charge is 0.493 e. The highest BCUT2D eigenvalue weighted by Gasteiger charge is 2.26. The van der Waals surface area contributed by atoms with Gasteiger partial charge in [0.25, 0.3) is 5.91 Å². The van der Waals surface area contributed by atoms with E-state index in [0.29, 0.717) is 30.5 Å². The summed E-state index contributed by atoms with van der Waals surface area (Å²) in [7, 11) is 2.90. The predicted molar refractivity (Wildman–Crippen MR) is 73.2 cm³/mol. The van der Waals surface area contributed by atoms with Gasteiger partial charge in [-0.2, -0.15) is 0 Å². The topological polar surface area (TPSA) is 85.3 Å². The molecular formula is C14H17NO6. The molecule has 0 aliphatic carbocycles. The maximum atomic E-state index is 12.4. The molecule has 7 heteroatoms. The minimum Gasteiger partial charge on any atom is -0.493 e. The summed E-state index contributed by atoms with van der Waals surface area (Å²) in [5.41, 5.74) is 0.284. The van der Waals surface area contributed by atoms with E-state index in [1.54, 1.807) is 0 Å². The predicted octanol–water partition coefficient (Wildman–Crippen LogP) is 1.01. The van der Waals surface area contributed by atoms with Gasteiger partial charge in [0, 0.05) is 12.6 Å². The number of hydrogen-bond donors (Lipinski definition) is 1. The summed E-state index contributed by atoms with van der Waals surface area (Å²) in [6.07, 6.45) is 0. The van der Waals surface area contributed by atoms with E-state index in [9.17, 15) is 9.59 Å². The van der Waals surface area contributed by atoms with Gasteiger partial charge in [0.1, 0.15) is 19.3 Å². The van der Waals surface area contributed by atoms with Crippen molar-refractivity contribution in [1.29, 1.82) is 0 Å². The van der Waals surface area contributed by atoms with Crippen LogP contribution >= 0.6 is 0 Å². The number of carbonyl (C=O) groups excluding carboxylic acids is 1. The van der Waals surface area contributed by atoms with Crippen LogP contribution in [0.2, 0.25) is 0 Å². The van der Waals surface area contributed by atoms with Crippen molar-refractivity contribution >= 4 is 11.9 Å². The van der Waals surface area contributed by atoms with Gasteiger partial charge in [-0.15, -0.1) is 0 Å². The molecular weight excluding hydrogens is 278 g/mol. The number of carbonyl (C=O) groups is 2. The van der Waals surface area contributed by atoms with Gasteiger partial charge in [-0.25, -0.2) is 4.79 Å². The second kappa shape index (κ2) is 5.90. The molecule has 1 aromatic carbocycles. The molecule has 0 fully saturated rings. The Balaban J connectivity index is 2.35. The third-order valence-electron chi connectivity index (χ3n) is 3.33. The molecule has 0 saturated heterocycles. The van der Waals surface area contributed by atoms with Crippen molar-refractivity contribution in [3.8, 4) is 17.2 Å². The van der Waals surface area contributed by atoms with Crippen molar-refractivity contribution in [3.63, 3.8) is 0 Å². The Hall–Kier alpha value is -2.44. The number of benzene rings is 1. The van der Waals surface area contributed by atoms with E-state index in [4.69, 9.17) is 19.3 Å². The number of rotatable bonds is 4. The molecule has 1 N–H and O–H groups in total. The fraction of sp³-hybridized carbons (Fsp3) is 0.429. The van der Waals surface area contributed by atoms with Gasteiger partial charge in [0.15, 0.2) is 11.5 Å². The Morgan fingerprint density at radius 1 is 1.33 bits per heavy atom. The Morgan fingerprint density at radius 2 is 2.00 bits per heavy atom. The number of methoxy groups -OCH3 is 1. The first-order chi connectivity index (χ1) is 9.95. The number of hydrogen-bond acceptors (Lipinski definition) is 5. The second-order valence-electron chi connectivity index (χ2n) is 4.63. The normalized spacial score (nSPS) is 14.2. The van der Waals surface area contributed by atoms with Crippen molar-refractivity contribution in [1.82, 2.24) is 4.90 Å². The van der Waals surface area contributed by atoms with E-state index in [0.717, 1.165) is 4.90 Å². The average Bonchev–Trinajstić information content (AvgIpc) is 2.51. The first-order valence-electron chi connectivity index (χ1n) is 6.43. The molecule has 0 spiro atoms. The number of amides is 1. The van der Waals surface area contributed by atoms with Gasteiger partial charge in [-0.1, -0.05) is 0 Å². The molecule has 21 heavy (non-hydrogen) atoms. The Morgan fingerprint density at radius 3 is 2.62 bits per heavy atom. The van der Waals surface area contributed by atoms with Gasteiger partial charge in [0.2, 0.25) is 5.75 Å². The fourth-order valence-corrected chi connectivity index (χ4v) is 1.94. The Kier molecular flexibility index (Phi) is 4.21. The molecule has 1 aliphatic heterocycles. The van der Waals surface area contributed by atoms with Crippen LogP contribution in [0, 0.1) is 0 Å². The molecule has 0 aromatic heterocycles. The zero-order chi connectivity index (χ0) is 15.6. The molecule has 1 heterocycles. The van der Waals surface area contributed by atoms with Crippen molar-refractivity contribution in [2.75, 3.05) is 27.4 Å². The van der Waals surface area contributed by atoms with Crippen molar-refractivity contribution < 1.29 is 28.9 Å². The Labute approximate surface area is 122 Å². The van der Waals surface area contributed by atoms with Crippen LogP contribution in [-0.2, 0) is 4.79 Å². The molecule has 0 saturated carbocycles. The van der Waals surface area contributed by atoms with Gasteiger partial charge in [-0.3, -0.25) is 4.79 Å². The molecule has 1 unspecified atom stereocenters. The molecule has 1 atom stereocenters. The van der Waals surface area contributed by atoms with Crippen molar-refractivity contribution in [2.24, 2.45) is 0 Å². The van der Waals surface area contributed by atoms with Crippen LogP contribution in [-0.4, -0.2) is 55.3 Å². The summed E-state index contributed by atoms with van der Waals surface area (Å²) in [5.74, 6) is -0.253. The summed E-state index contributed by atoms with van der Waals surface area (Å²) in [4.78, 5) is 24.5. The van der Waals surface area contributed by atoms with E-state index in [-0.39, 0.29) is 5.56 Å². The van der Waals surface area contributed by atoms with Crippen LogP contribution in [0.15, 0.2) is 12.1 Å². The standard InChI is InChI=1S/C14H17NO6/c1-8(14(17)18)15(2)13(16)9-6-10(19-3)12-11(7-9)20-4-5-21-12/h6-8H,4-5H2,1-3H3,(H,17,18). The Bertz CT molecular complexity index is 554. The van der Waals surface area contributed by atoms with E-state index in [2.05, 4.69) is 0 Å². The van der Waals surface area contributed by atoms with Crippen LogP contribution in [0.5, 0.6) is 17.2 Å². The molecule has 1 amide bonds. The maximum absolute atomic E-state index is 12.4. The van der Waals surface area contributed by atoms with Gasteiger partial charge >= 0.3 is 5.97 Å². The number of fused-ring (bicyclic) bond motifs is 1. The molecule has 114 valence electrons. The SMILES string of the molecule is COc1cc(C(=O)N(C)C(C)C(=O)O)cc2c1OCCO2. The lowest BCUT2D eigenvalue weighted by molar-refractivity contribution is -0.141. The molecule has 1 aromatic rings. The lowest BCUT2D eigenvalue weighted by atomic mass is 10.1. The number of carboxylic acid groups (broad SMARTS) is 1. The monoisotopic (exact) mass is 295 g/mol. The highest BCUT2D eigenvalue weighted by molar-refractivity contribution is 5.97. The first-order valence-corrected chi connectivity index (χ1v) is 6.43. The number of aliphatic carboxylic acids is 1. The molecule has 1 aliphatic rings. The minimum atomic E-state index is -1.07. The molecule has 0 radical (unpaired) electrons. The van der Waals surface area contributed by atoms with Crippen LogP contribution in [0.25, 0.3) is 0 Å². The number of nitrogens with zero attached hydrogens (tertiary/aromatic N) is 1. The van der Waals surface area contributed by atoms with Crippen LogP contribution in [0.4, 0.5) is 0 Å². The zero-order valence-corrected chi connectivity index (χ0v) is 12.1. The summed E-state index contributed by atoms with van der Waals surface area (Å²) in [6.45, 7) is 2.23. The number of likely N-dealkylation sites (N-methyl/N-ethyl adjacent to an activating group) is 1. The highest BCUT2D eigenvalue weighted by atomic mass is 16.6. The third-order valence-corrected chi connectivity index (χ3v) is 3.33. The third kappa shape index (κ3) is 2.86. The highest BCUT2D eigenvalue weighted by Crippen LogP contribution is 2.40. The van der Waals surface area contributed by atoms with Crippen molar-refractivity contribution in [2.45, 2.75) is 13.0 Å². The number of carboxylic acids is 1. The summed E-state index contributed by atoms with van der Waals surface area (Å²) in [5, 5.41) is 8.98. The number of ether oxygens (including phenoxy) is 3. The van der Waals surface area contributed by atoms with Gasteiger partial charge in [0.05, 0.1) is 7.11 Å². The van der Waals surface area contributed by atoms with Gasteiger partial charge in [-0.05, 0) is 19.1 Å².